The molecule has 2 aromatic heterocycles. The minimum Gasteiger partial charge on any atom is -0.347 e. The first-order valence-electron chi connectivity index (χ1n) is 8.79. The maximum atomic E-state index is 13.4. The first-order chi connectivity index (χ1) is 13.4. The number of urea groups is 1. The maximum Gasteiger partial charge on any atom is 0.318 e. The highest BCUT2D eigenvalue weighted by molar-refractivity contribution is 6.31. The summed E-state index contributed by atoms with van der Waals surface area (Å²) in [6.45, 7) is 4.13. The summed E-state index contributed by atoms with van der Waals surface area (Å²) in [7, 11) is 0. The van der Waals surface area contributed by atoms with Crippen LogP contribution in [-0.4, -0.2) is 37.1 Å². The number of imidazole rings is 1. The fourth-order valence-corrected chi connectivity index (χ4v) is 3.30. The van der Waals surface area contributed by atoms with Gasteiger partial charge in [0.05, 0.1) is 29.3 Å². The summed E-state index contributed by atoms with van der Waals surface area (Å²) < 4.78 is 18.9. The quantitative estimate of drug-likeness (QED) is 0.696. The van der Waals surface area contributed by atoms with Gasteiger partial charge in [-0.2, -0.15) is 4.98 Å². The lowest BCUT2D eigenvalue weighted by Gasteiger charge is -2.33. The van der Waals surface area contributed by atoms with Gasteiger partial charge in [0.2, 0.25) is 11.7 Å². The van der Waals surface area contributed by atoms with Gasteiger partial charge in [0.15, 0.2) is 0 Å². The summed E-state index contributed by atoms with van der Waals surface area (Å²) in [5, 5.41) is 6.84. The Morgan fingerprint density at radius 2 is 2.29 bits per heavy atom. The number of hydrogen-bond acceptors (Lipinski definition) is 5. The summed E-state index contributed by atoms with van der Waals surface area (Å²) in [6, 6.07) is 3.48. The molecule has 0 saturated heterocycles. The molecule has 1 aliphatic heterocycles. The van der Waals surface area contributed by atoms with Gasteiger partial charge in [0.1, 0.15) is 11.9 Å². The number of rotatable bonds is 3. The minimum atomic E-state index is -0.524. The Labute approximate surface area is 165 Å². The van der Waals surface area contributed by atoms with E-state index in [1.165, 1.54) is 18.2 Å². The van der Waals surface area contributed by atoms with Gasteiger partial charge in [0.25, 0.3) is 0 Å². The molecule has 3 aromatic rings. The zero-order chi connectivity index (χ0) is 19.8. The maximum absolute atomic E-state index is 13.4. The monoisotopic (exact) mass is 404 g/mol. The van der Waals surface area contributed by atoms with Gasteiger partial charge in [0, 0.05) is 18.0 Å². The molecule has 28 heavy (non-hydrogen) atoms. The molecule has 10 heteroatoms. The number of carbonyl (C=O) groups excluding carboxylic acids is 1. The van der Waals surface area contributed by atoms with Crippen molar-refractivity contribution >= 4 is 17.6 Å². The number of carbonyl (C=O) groups is 1. The zero-order valence-corrected chi connectivity index (χ0v) is 16.0. The molecule has 8 nitrogen and oxygen atoms in total. The molecule has 0 saturated carbocycles. The van der Waals surface area contributed by atoms with Crippen LogP contribution in [0.1, 0.15) is 37.2 Å². The van der Waals surface area contributed by atoms with Crippen LogP contribution < -0.4 is 5.32 Å². The average molecular weight is 405 g/mol. The van der Waals surface area contributed by atoms with E-state index in [1.54, 1.807) is 11.2 Å². The minimum absolute atomic E-state index is 0.0177. The van der Waals surface area contributed by atoms with Crippen LogP contribution >= 0.6 is 11.6 Å². The average Bonchev–Trinajstić information content (AvgIpc) is 3.31. The number of amides is 2. The van der Waals surface area contributed by atoms with E-state index in [4.69, 9.17) is 16.1 Å². The highest BCUT2D eigenvalue weighted by atomic mass is 35.5. The Balaban J connectivity index is 1.66. The predicted octanol–water partition coefficient (Wildman–Crippen LogP) is 3.47. The lowest BCUT2D eigenvalue weighted by atomic mass is 10.0. The molecule has 2 N–H and O–H groups in total. The third kappa shape index (κ3) is 3.45. The van der Waals surface area contributed by atoms with Crippen LogP contribution in [0.5, 0.6) is 0 Å². The molecule has 146 valence electrons. The smallest absolute Gasteiger partial charge is 0.318 e. The van der Waals surface area contributed by atoms with Crippen molar-refractivity contribution in [2.45, 2.75) is 38.9 Å². The normalized spacial score (nSPS) is 16.3. The number of nitrogens with one attached hydrogen (secondary N) is 2. The van der Waals surface area contributed by atoms with Crippen LogP contribution in [0.25, 0.3) is 11.4 Å². The molecule has 0 spiro atoms. The van der Waals surface area contributed by atoms with Crippen LogP contribution in [0.3, 0.4) is 0 Å². The van der Waals surface area contributed by atoms with Crippen molar-refractivity contribution in [1.29, 1.82) is 0 Å². The van der Waals surface area contributed by atoms with Gasteiger partial charge < -0.3 is 19.7 Å². The van der Waals surface area contributed by atoms with Gasteiger partial charge >= 0.3 is 6.03 Å². The van der Waals surface area contributed by atoms with E-state index in [1.807, 2.05) is 13.8 Å². The van der Waals surface area contributed by atoms with Gasteiger partial charge in [-0.05, 0) is 32.0 Å². The van der Waals surface area contributed by atoms with Gasteiger partial charge in [-0.1, -0.05) is 16.8 Å². The third-order valence-corrected chi connectivity index (χ3v) is 4.77. The lowest BCUT2D eigenvalue weighted by molar-refractivity contribution is 0.142. The molecular weight excluding hydrogens is 387 g/mol. The van der Waals surface area contributed by atoms with E-state index in [-0.39, 0.29) is 28.8 Å². The summed E-state index contributed by atoms with van der Waals surface area (Å²) in [6.07, 6.45) is 2.04. The second-order valence-corrected chi connectivity index (χ2v) is 7.27. The number of H-pyrrole nitrogens is 1. The van der Waals surface area contributed by atoms with Crippen LogP contribution in [0.2, 0.25) is 5.02 Å². The number of nitrogens with zero attached hydrogens (tertiary/aromatic N) is 4. The number of hydrogen-bond donors (Lipinski definition) is 2. The molecular formula is C18H18ClFN6O2. The number of aromatic nitrogens is 4. The molecule has 1 aliphatic rings. The van der Waals surface area contributed by atoms with Crippen LogP contribution in [0, 0.1) is 5.82 Å². The molecule has 0 aliphatic carbocycles. The molecule has 0 radical (unpaired) electrons. The van der Waals surface area contributed by atoms with Crippen LogP contribution in [0.4, 0.5) is 9.18 Å². The topological polar surface area (TPSA) is 99.9 Å². The highest BCUT2D eigenvalue weighted by Gasteiger charge is 2.36. The van der Waals surface area contributed by atoms with Crippen molar-refractivity contribution in [1.82, 2.24) is 30.3 Å². The Kier molecular flexibility index (Phi) is 4.76. The first kappa shape index (κ1) is 18.4. The first-order valence-corrected chi connectivity index (χ1v) is 9.17. The standard InChI is InChI=1S/C18H18ClFN6O2/c1-9(2)23-18(27)26-7-14-13(21-8-22-14)6-15(26)17-24-16(25-28-17)10-3-4-12(20)11(19)5-10/h3-5,8-9,15H,6-7H2,1-2H3,(H,21,22)(H,23,27). The molecule has 2 amide bonds. The fraction of sp³-hybridized carbons (Fsp3) is 0.333. The molecule has 1 aromatic carbocycles. The molecule has 0 fully saturated rings. The largest absolute Gasteiger partial charge is 0.347 e. The fourth-order valence-electron chi connectivity index (χ4n) is 3.12. The second kappa shape index (κ2) is 7.23. The van der Waals surface area contributed by atoms with Crippen LogP contribution in [-0.2, 0) is 13.0 Å². The molecule has 1 unspecified atom stereocenters. The summed E-state index contributed by atoms with van der Waals surface area (Å²) in [5.74, 6) is 0.0287. The Morgan fingerprint density at radius 1 is 1.46 bits per heavy atom. The van der Waals surface area contributed by atoms with E-state index < -0.39 is 11.9 Å². The van der Waals surface area contributed by atoms with Crippen molar-refractivity contribution < 1.29 is 13.7 Å². The van der Waals surface area contributed by atoms with Crippen molar-refractivity contribution in [2.75, 3.05) is 0 Å². The highest BCUT2D eigenvalue weighted by Crippen LogP contribution is 2.32. The van der Waals surface area contributed by atoms with E-state index >= 15 is 0 Å². The summed E-state index contributed by atoms with van der Waals surface area (Å²) in [4.78, 5) is 26.1. The molecule has 1 atom stereocenters. The van der Waals surface area contributed by atoms with E-state index in [9.17, 15) is 9.18 Å². The lowest BCUT2D eigenvalue weighted by Crippen LogP contribution is -2.46. The second-order valence-electron chi connectivity index (χ2n) is 6.86. The number of benzene rings is 1. The summed E-state index contributed by atoms with van der Waals surface area (Å²) >= 11 is 5.84. The van der Waals surface area contributed by atoms with Crippen LogP contribution in [0.15, 0.2) is 29.0 Å². The van der Waals surface area contributed by atoms with Gasteiger partial charge in [-0.15, -0.1) is 0 Å². The molecule has 0 bridgehead atoms. The van der Waals surface area contributed by atoms with Gasteiger partial charge in [-0.25, -0.2) is 14.2 Å². The van der Waals surface area contributed by atoms with Crippen molar-refractivity contribution in [2.24, 2.45) is 0 Å². The molecule has 4 rings (SSSR count). The third-order valence-electron chi connectivity index (χ3n) is 4.48. The summed E-state index contributed by atoms with van der Waals surface area (Å²) in [5.41, 5.74) is 2.25. The molecule has 3 heterocycles. The van der Waals surface area contributed by atoms with Crippen molar-refractivity contribution in [3.63, 3.8) is 0 Å². The van der Waals surface area contributed by atoms with E-state index in [2.05, 4.69) is 25.4 Å². The van der Waals surface area contributed by atoms with Crippen molar-refractivity contribution in [3.8, 4) is 11.4 Å². The van der Waals surface area contributed by atoms with Crippen molar-refractivity contribution in [3.05, 3.63) is 52.6 Å². The zero-order valence-electron chi connectivity index (χ0n) is 15.2. The van der Waals surface area contributed by atoms with E-state index in [0.717, 1.165) is 11.4 Å². The number of halogens is 2. The Bertz CT molecular complexity index is 1020. The SMILES string of the molecule is CC(C)NC(=O)N1Cc2[nH]cnc2CC1c1nc(-c2ccc(F)c(Cl)c2)no1. The number of fused-ring (bicyclic) bond motifs is 1. The predicted molar refractivity (Wildman–Crippen MR) is 98.9 cm³/mol. The van der Waals surface area contributed by atoms with E-state index in [0.29, 0.717) is 18.5 Å². The van der Waals surface area contributed by atoms with Gasteiger partial charge in [-0.3, -0.25) is 0 Å². The Morgan fingerprint density at radius 3 is 3.04 bits per heavy atom. The number of aromatic amines is 1. The Hall–Kier alpha value is -2.94.